The van der Waals surface area contributed by atoms with Gasteiger partial charge in [-0.15, -0.1) is 24.0 Å². The Labute approximate surface area is 174 Å². The number of nitrogens with zero attached hydrogens (tertiary/aromatic N) is 3. The quantitative estimate of drug-likeness (QED) is 0.359. The van der Waals surface area contributed by atoms with E-state index in [-0.39, 0.29) is 24.0 Å². The minimum Gasteiger partial charge on any atom is -0.359 e. The van der Waals surface area contributed by atoms with E-state index < -0.39 is 0 Å². The van der Waals surface area contributed by atoms with Gasteiger partial charge in [-0.3, -0.25) is 9.89 Å². The van der Waals surface area contributed by atoms with Crippen LogP contribution in [0.15, 0.2) is 15.6 Å². The van der Waals surface area contributed by atoms with Gasteiger partial charge in [-0.1, -0.05) is 19.0 Å². The zero-order chi connectivity index (χ0) is 17.8. The first-order valence-electron chi connectivity index (χ1n) is 9.82. The third-order valence-electron chi connectivity index (χ3n) is 5.61. The van der Waals surface area contributed by atoms with Crippen molar-refractivity contribution in [3.8, 4) is 0 Å². The number of guanidine groups is 1. The van der Waals surface area contributed by atoms with Crippen LogP contribution in [-0.2, 0) is 6.54 Å². The van der Waals surface area contributed by atoms with E-state index in [2.05, 4.69) is 52.5 Å². The van der Waals surface area contributed by atoms with Crippen molar-refractivity contribution >= 4 is 29.9 Å². The number of nitrogens with one attached hydrogen (secondary N) is 2. The number of aromatic nitrogens is 1. The molecule has 2 atom stereocenters. The first-order chi connectivity index (χ1) is 12.1. The van der Waals surface area contributed by atoms with E-state index in [4.69, 9.17) is 4.52 Å². The van der Waals surface area contributed by atoms with Gasteiger partial charge in [0, 0.05) is 43.7 Å². The third kappa shape index (κ3) is 5.34. The van der Waals surface area contributed by atoms with E-state index in [0.717, 1.165) is 42.8 Å². The zero-order valence-corrected chi connectivity index (χ0v) is 18.8. The molecule has 0 amide bonds. The average molecular weight is 475 g/mol. The van der Waals surface area contributed by atoms with Crippen LogP contribution in [0.3, 0.4) is 0 Å². The molecule has 1 saturated carbocycles. The molecule has 0 spiro atoms. The first-order valence-corrected chi connectivity index (χ1v) is 9.82. The lowest BCUT2D eigenvalue weighted by Crippen LogP contribution is -2.44. The Morgan fingerprint density at radius 3 is 2.73 bits per heavy atom. The summed E-state index contributed by atoms with van der Waals surface area (Å²) < 4.78 is 5.48. The van der Waals surface area contributed by atoms with Crippen LogP contribution in [0.25, 0.3) is 0 Å². The highest BCUT2D eigenvalue weighted by Crippen LogP contribution is 2.33. The average Bonchev–Trinajstić information content (AvgIpc) is 3.24. The maximum Gasteiger partial charge on any atom is 0.191 e. The van der Waals surface area contributed by atoms with Crippen LogP contribution in [0.1, 0.15) is 70.2 Å². The summed E-state index contributed by atoms with van der Waals surface area (Å²) in [6.07, 6.45) is 6.11. The molecule has 148 valence electrons. The van der Waals surface area contributed by atoms with Crippen LogP contribution in [0.2, 0.25) is 0 Å². The van der Waals surface area contributed by atoms with Gasteiger partial charge in [0.1, 0.15) is 0 Å². The van der Waals surface area contributed by atoms with Crippen molar-refractivity contribution in [2.45, 2.75) is 83.5 Å². The lowest BCUT2D eigenvalue weighted by atomic mass is 9.99. The highest BCUT2D eigenvalue weighted by atomic mass is 127. The Morgan fingerprint density at radius 1 is 1.38 bits per heavy atom. The molecule has 2 heterocycles. The van der Waals surface area contributed by atoms with Crippen LogP contribution in [0, 0.1) is 0 Å². The molecule has 2 fully saturated rings. The molecule has 6 nitrogen and oxygen atoms in total. The maximum atomic E-state index is 5.48. The third-order valence-corrected chi connectivity index (χ3v) is 5.61. The van der Waals surface area contributed by atoms with Crippen molar-refractivity contribution in [2.24, 2.45) is 4.99 Å². The number of rotatable bonds is 7. The number of likely N-dealkylation sites (tertiary alicyclic amines) is 1. The van der Waals surface area contributed by atoms with Gasteiger partial charge in [0.05, 0.1) is 12.2 Å². The van der Waals surface area contributed by atoms with E-state index in [0.29, 0.717) is 24.5 Å². The Morgan fingerprint density at radius 2 is 2.12 bits per heavy atom. The number of hydrogen-bond acceptors (Lipinski definition) is 4. The van der Waals surface area contributed by atoms with Crippen LogP contribution in [0.5, 0.6) is 0 Å². The standard InChI is InChI=1S/C19H33N5O.HI/c1-5-14(6-2)18-10-17(25-23-18)11-21-19(20-4)22-15-9-13(3)24(12-15)16-7-8-16;/h10,13-16H,5-9,11-12H2,1-4H3,(H2,20,21,22);1H. The summed E-state index contributed by atoms with van der Waals surface area (Å²) in [5, 5.41) is 11.2. The molecule has 1 saturated heterocycles. The summed E-state index contributed by atoms with van der Waals surface area (Å²) in [7, 11) is 1.82. The van der Waals surface area contributed by atoms with Gasteiger partial charge in [0.2, 0.25) is 0 Å². The van der Waals surface area contributed by atoms with Crippen LogP contribution >= 0.6 is 24.0 Å². The van der Waals surface area contributed by atoms with Gasteiger partial charge in [-0.2, -0.15) is 0 Å². The van der Waals surface area contributed by atoms with E-state index in [1.807, 2.05) is 7.05 Å². The molecule has 2 aliphatic rings. The Hall–Kier alpha value is -0.830. The monoisotopic (exact) mass is 475 g/mol. The molecular weight excluding hydrogens is 441 g/mol. The smallest absolute Gasteiger partial charge is 0.191 e. The first kappa shape index (κ1) is 21.5. The summed E-state index contributed by atoms with van der Waals surface area (Å²) in [4.78, 5) is 7.01. The molecular formula is C19H34IN5O. The molecule has 1 aromatic rings. The molecule has 0 radical (unpaired) electrons. The highest BCUT2D eigenvalue weighted by Gasteiger charge is 2.38. The number of hydrogen-bond donors (Lipinski definition) is 2. The Balaban J connectivity index is 0.00000243. The predicted octanol–water partition coefficient (Wildman–Crippen LogP) is 3.49. The molecule has 0 aromatic carbocycles. The van der Waals surface area contributed by atoms with Gasteiger partial charge in [-0.25, -0.2) is 0 Å². The summed E-state index contributed by atoms with van der Waals surface area (Å²) in [6, 6.07) is 4.04. The van der Waals surface area contributed by atoms with Crippen molar-refractivity contribution in [2.75, 3.05) is 13.6 Å². The fourth-order valence-electron chi connectivity index (χ4n) is 3.95. The second-order valence-electron chi connectivity index (χ2n) is 7.51. The van der Waals surface area contributed by atoms with Gasteiger partial charge < -0.3 is 15.2 Å². The molecule has 1 aliphatic carbocycles. The molecule has 26 heavy (non-hydrogen) atoms. The van der Waals surface area contributed by atoms with Crippen molar-refractivity contribution in [3.63, 3.8) is 0 Å². The second-order valence-corrected chi connectivity index (χ2v) is 7.51. The minimum absolute atomic E-state index is 0. The SMILES string of the molecule is CCC(CC)c1cc(CNC(=NC)NC2CC(C)N(C3CC3)C2)on1.I. The molecule has 0 bridgehead atoms. The van der Waals surface area contributed by atoms with Gasteiger partial charge >= 0.3 is 0 Å². The van der Waals surface area contributed by atoms with Gasteiger partial charge in [0.25, 0.3) is 0 Å². The Kier molecular flexibility index (Phi) is 8.19. The lowest BCUT2D eigenvalue weighted by molar-refractivity contribution is 0.256. The van der Waals surface area contributed by atoms with E-state index in [1.54, 1.807) is 0 Å². The summed E-state index contributed by atoms with van der Waals surface area (Å²) >= 11 is 0. The van der Waals surface area contributed by atoms with Crippen LogP contribution in [0.4, 0.5) is 0 Å². The van der Waals surface area contributed by atoms with Crippen LogP contribution < -0.4 is 10.6 Å². The zero-order valence-electron chi connectivity index (χ0n) is 16.5. The molecule has 7 heteroatoms. The normalized spacial score (nSPS) is 24.0. The van der Waals surface area contributed by atoms with Crippen molar-refractivity contribution in [1.29, 1.82) is 0 Å². The van der Waals surface area contributed by atoms with Gasteiger partial charge in [-0.05, 0) is 39.0 Å². The van der Waals surface area contributed by atoms with E-state index in [1.165, 1.54) is 19.3 Å². The highest BCUT2D eigenvalue weighted by molar-refractivity contribution is 14.0. The van der Waals surface area contributed by atoms with Gasteiger partial charge in [0.15, 0.2) is 11.7 Å². The summed E-state index contributed by atoms with van der Waals surface area (Å²) in [6.45, 7) is 8.46. The predicted molar refractivity (Wildman–Crippen MR) is 116 cm³/mol. The topological polar surface area (TPSA) is 65.7 Å². The van der Waals surface area contributed by atoms with E-state index >= 15 is 0 Å². The molecule has 2 unspecified atom stereocenters. The fraction of sp³-hybridized carbons (Fsp3) is 0.789. The number of aliphatic imine (C=N–C) groups is 1. The van der Waals surface area contributed by atoms with Crippen molar-refractivity contribution < 1.29 is 4.52 Å². The van der Waals surface area contributed by atoms with Crippen LogP contribution in [-0.4, -0.2) is 47.7 Å². The molecule has 1 aromatic heterocycles. The van der Waals surface area contributed by atoms with Crippen molar-refractivity contribution in [1.82, 2.24) is 20.7 Å². The molecule has 3 rings (SSSR count). The Bertz CT molecular complexity index is 582. The lowest BCUT2D eigenvalue weighted by Gasteiger charge is -2.20. The van der Waals surface area contributed by atoms with Crippen molar-refractivity contribution in [3.05, 3.63) is 17.5 Å². The molecule has 1 aliphatic heterocycles. The minimum atomic E-state index is 0. The fourth-order valence-corrected chi connectivity index (χ4v) is 3.95. The maximum absolute atomic E-state index is 5.48. The summed E-state index contributed by atoms with van der Waals surface area (Å²) in [5.41, 5.74) is 1.06. The largest absolute Gasteiger partial charge is 0.359 e. The second kappa shape index (κ2) is 9.92. The van der Waals surface area contributed by atoms with E-state index in [9.17, 15) is 0 Å². The number of halogens is 1. The summed E-state index contributed by atoms with van der Waals surface area (Å²) in [5.74, 6) is 2.20. The molecule has 2 N–H and O–H groups in total.